The van der Waals surface area contributed by atoms with Crippen LogP contribution in [0.5, 0.6) is 0 Å². The van der Waals surface area contributed by atoms with E-state index in [2.05, 4.69) is 45.7 Å². The van der Waals surface area contributed by atoms with Crippen molar-refractivity contribution in [2.75, 3.05) is 0 Å². The maximum absolute atomic E-state index is 8.86. The summed E-state index contributed by atoms with van der Waals surface area (Å²) >= 11 is 0. The summed E-state index contributed by atoms with van der Waals surface area (Å²) in [5, 5.41) is 12.4. The molecule has 1 aliphatic heterocycles. The van der Waals surface area contributed by atoms with Gasteiger partial charge in [-0.15, -0.1) is 0 Å². The molecule has 1 fully saturated rings. The van der Waals surface area contributed by atoms with Gasteiger partial charge in [-0.25, -0.2) is 0 Å². The molecule has 0 radical (unpaired) electrons. The molecule has 1 aliphatic rings. The Labute approximate surface area is 87.0 Å². The maximum atomic E-state index is 8.86. The standard InChI is InChI=1S/C12H20N2/c1-9(8-13)10-6-11(2,3)14-12(4,5)7-10/h10,14H,1,6-7H2,2-5H3. The summed E-state index contributed by atoms with van der Waals surface area (Å²) in [6.45, 7) is 12.6. The van der Waals surface area contributed by atoms with Crippen LogP contribution in [0.1, 0.15) is 40.5 Å². The van der Waals surface area contributed by atoms with Gasteiger partial charge in [-0.2, -0.15) is 5.26 Å². The van der Waals surface area contributed by atoms with Crippen molar-refractivity contribution >= 4 is 0 Å². The van der Waals surface area contributed by atoms with E-state index in [-0.39, 0.29) is 11.1 Å². The van der Waals surface area contributed by atoms with E-state index in [1.807, 2.05) is 0 Å². The summed E-state index contributed by atoms with van der Waals surface area (Å²) in [6.07, 6.45) is 2.01. The van der Waals surface area contributed by atoms with E-state index in [9.17, 15) is 0 Å². The smallest absolute Gasteiger partial charge is 0.0943 e. The molecule has 78 valence electrons. The first-order valence-electron chi connectivity index (χ1n) is 5.14. The van der Waals surface area contributed by atoms with Crippen LogP contribution in [-0.4, -0.2) is 11.1 Å². The van der Waals surface area contributed by atoms with Crippen molar-refractivity contribution in [3.05, 3.63) is 12.2 Å². The highest BCUT2D eigenvalue weighted by Crippen LogP contribution is 2.35. The molecule has 0 atom stereocenters. The second kappa shape index (κ2) is 3.40. The summed E-state index contributed by atoms with van der Waals surface area (Å²) < 4.78 is 0. The number of nitriles is 1. The average Bonchev–Trinajstić information content (AvgIpc) is 1.97. The molecule has 1 rings (SSSR count). The van der Waals surface area contributed by atoms with Gasteiger partial charge in [0.05, 0.1) is 6.07 Å². The molecule has 1 saturated heterocycles. The first-order valence-corrected chi connectivity index (χ1v) is 5.14. The van der Waals surface area contributed by atoms with Gasteiger partial charge in [0.15, 0.2) is 0 Å². The molecule has 0 aromatic carbocycles. The van der Waals surface area contributed by atoms with Crippen LogP contribution in [0.25, 0.3) is 0 Å². The Kier molecular flexibility index (Phi) is 2.74. The van der Waals surface area contributed by atoms with Crippen LogP contribution < -0.4 is 5.32 Å². The fraction of sp³-hybridized carbons (Fsp3) is 0.750. The lowest BCUT2D eigenvalue weighted by Crippen LogP contribution is -2.57. The Hall–Kier alpha value is -0.810. The van der Waals surface area contributed by atoms with Gasteiger partial charge in [0, 0.05) is 16.7 Å². The molecule has 2 heteroatoms. The van der Waals surface area contributed by atoms with Crippen LogP contribution in [0.4, 0.5) is 0 Å². The highest BCUT2D eigenvalue weighted by molar-refractivity contribution is 5.22. The van der Waals surface area contributed by atoms with E-state index < -0.39 is 0 Å². The number of rotatable bonds is 1. The monoisotopic (exact) mass is 192 g/mol. The fourth-order valence-electron chi connectivity index (χ4n) is 2.66. The zero-order valence-corrected chi connectivity index (χ0v) is 9.65. The molecule has 0 saturated carbocycles. The molecule has 0 spiro atoms. The largest absolute Gasteiger partial charge is 0.307 e. The quantitative estimate of drug-likeness (QED) is 0.648. The number of allylic oxidation sites excluding steroid dienone is 1. The van der Waals surface area contributed by atoms with Gasteiger partial charge in [-0.1, -0.05) is 6.58 Å². The lowest BCUT2D eigenvalue weighted by Gasteiger charge is -2.46. The van der Waals surface area contributed by atoms with Crippen molar-refractivity contribution in [1.29, 1.82) is 5.26 Å². The van der Waals surface area contributed by atoms with E-state index in [0.717, 1.165) is 18.4 Å². The second-order valence-electron chi connectivity index (χ2n) is 5.63. The van der Waals surface area contributed by atoms with Crippen molar-refractivity contribution in [2.24, 2.45) is 5.92 Å². The average molecular weight is 192 g/mol. The van der Waals surface area contributed by atoms with Gasteiger partial charge in [-0.3, -0.25) is 0 Å². The lowest BCUT2D eigenvalue weighted by molar-refractivity contribution is 0.147. The minimum Gasteiger partial charge on any atom is -0.307 e. The van der Waals surface area contributed by atoms with Gasteiger partial charge < -0.3 is 5.32 Å². The van der Waals surface area contributed by atoms with Gasteiger partial charge in [0.25, 0.3) is 0 Å². The maximum Gasteiger partial charge on any atom is 0.0943 e. The van der Waals surface area contributed by atoms with Gasteiger partial charge in [0.2, 0.25) is 0 Å². The van der Waals surface area contributed by atoms with Gasteiger partial charge in [-0.05, 0) is 46.5 Å². The predicted octanol–water partition coefficient (Wildman–Crippen LogP) is 2.62. The van der Waals surface area contributed by atoms with E-state index in [4.69, 9.17) is 5.26 Å². The molecule has 14 heavy (non-hydrogen) atoms. The Bertz CT molecular complexity index is 265. The second-order valence-corrected chi connectivity index (χ2v) is 5.63. The molecule has 0 aromatic heterocycles. The van der Waals surface area contributed by atoms with Gasteiger partial charge >= 0.3 is 0 Å². The van der Waals surface area contributed by atoms with E-state index in [0.29, 0.717) is 5.92 Å². The van der Waals surface area contributed by atoms with Crippen molar-refractivity contribution in [3.63, 3.8) is 0 Å². The predicted molar refractivity (Wildman–Crippen MR) is 58.8 cm³/mol. The van der Waals surface area contributed by atoms with Crippen molar-refractivity contribution in [3.8, 4) is 6.07 Å². The zero-order valence-electron chi connectivity index (χ0n) is 9.65. The fourth-order valence-corrected chi connectivity index (χ4v) is 2.66. The molecular weight excluding hydrogens is 172 g/mol. The summed E-state index contributed by atoms with van der Waals surface area (Å²) in [7, 11) is 0. The van der Waals surface area contributed by atoms with Crippen LogP contribution >= 0.6 is 0 Å². The molecular formula is C12H20N2. The first kappa shape index (κ1) is 11.3. The van der Waals surface area contributed by atoms with Gasteiger partial charge in [0.1, 0.15) is 0 Å². The minimum absolute atomic E-state index is 0.103. The summed E-state index contributed by atoms with van der Waals surface area (Å²) in [5.41, 5.74) is 0.936. The number of nitrogens with one attached hydrogen (secondary N) is 1. The van der Waals surface area contributed by atoms with E-state index in [1.165, 1.54) is 0 Å². The molecule has 0 amide bonds. The number of hydrogen-bond donors (Lipinski definition) is 1. The third-order valence-electron chi connectivity index (χ3n) is 2.83. The van der Waals surface area contributed by atoms with E-state index in [1.54, 1.807) is 0 Å². The normalized spacial score (nSPS) is 25.4. The van der Waals surface area contributed by atoms with E-state index >= 15 is 0 Å². The lowest BCUT2D eigenvalue weighted by atomic mass is 9.73. The molecule has 1 N–H and O–H groups in total. The van der Waals surface area contributed by atoms with Crippen LogP contribution in [0.2, 0.25) is 0 Å². The summed E-state index contributed by atoms with van der Waals surface area (Å²) in [5.74, 6) is 0.339. The van der Waals surface area contributed by atoms with Crippen LogP contribution in [0, 0.1) is 17.2 Å². The highest BCUT2D eigenvalue weighted by atomic mass is 15.0. The third-order valence-corrected chi connectivity index (χ3v) is 2.83. The Morgan fingerprint density at radius 1 is 1.29 bits per heavy atom. The number of nitrogens with zero attached hydrogens (tertiary/aromatic N) is 1. The molecule has 0 aliphatic carbocycles. The first-order chi connectivity index (χ1) is 6.26. The summed E-state index contributed by atoms with van der Waals surface area (Å²) in [6, 6.07) is 2.19. The van der Waals surface area contributed by atoms with Crippen LogP contribution in [-0.2, 0) is 0 Å². The van der Waals surface area contributed by atoms with Crippen LogP contribution in [0.3, 0.4) is 0 Å². The molecule has 0 unspecified atom stereocenters. The number of piperidine rings is 1. The molecule has 2 nitrogen and oxygen atoms in total. The van der Waals surface area contributed by atoms with Crippen molar-refractivity contribution < 1.29 is 0 Å². The zero-order chi connectivity index (χ0) is 11.0. The molecule has 1 heterocycles. The number of hydrogen-bond acceptors (Lipinski definition) is 2. The van der Waals surface area contributed by atoms with Crippen molar-refractivity contribution in [2.45, 2.75) is 51.6 Å². The Morgan fingerprint density at radius 3 is 2.07 bits per heavy atom. The third kappa shape index (κ3) is 2.59. The highest BCUT2D eigenvalue weighted by Gasteiger charge is 2.38. The Morgan fingerprint density at radius 2 is 1.71 bits per heavy atom. The Balaban J connectivity index is 2.83. The molecule has 0 bridgehead atoms. The van der Waals surface area contributed by atoms with Crippen LogP contribution in [0.15, 0.2) is 12.2 Å². The SMILES string of the molecule is C=C(C#N)C1CC(C)(C)NC(C)(C)C1. The van der Waals surface area contributed by atoms with Crippen molar-refractivity contribution in [1.82, 2.24) is 5.32 Å². The summed E-state index contributed by atoms with van der Waals surface area (Å²) in [4.78, 5) is 0. The molecule has 0 aromatic rings. The minimum atomic E-state index is 0.103. The topological polar surface area (TPSA) is 35.8 Å².